The number of halogens is 1. The second kappa shape index (κ2) is 7.31. The van der Waals surface area contributed by atoms with Gasteiger partial charge in [0.1, 0.15) is 5.58 Å². The van der Waals surface area contributed by atoms with E-state index in [4.69, 9.17) is 4.42 Å². The van der Waals surface area contributed by atoms with Crippen molar-refractivity contribution < 1.29 is 17.6 Å². The van der Waals surface area contributed by atoms with E-state index >= 15 is 0 Å². The molecule has 1 aliphatic rings. The Kier molecular flexibility index (Phi) is 5.14. The summed E-state index contributed by atoms with van der Waals surface area (Å²) in [6.07, 6.45) is 0.462. The summed E-state index contributed by atoms with van der Waals surface area (Å²) in [6, 6.07) is 7.31. The minimum absolute atomic E-state index is 0.00792. The SMILES string of the molecule is Cc1ccsc1CN(C(=O)c1oc2ccc(Br)cc2c1C)[C@H]1CCS(=O)(=O)C1. The summed E-state index contributed by atoms with van der Waals surface area (Å²) < 4.78 is 30.9. The van der Waals surface area contributed by atoms with Gasteiger partial charge in [0, 0.05) is 26.3 Å². The molecule has 5 nitrogen and oxygen atoms in total. The predicted molar refractivity (Wildman–Crippen MR) is 115 cm³/mol. The van der Waals surface area contributed by atoms with Gasteiger partial charge < -0.3 is 9.32 Å². The van der Waals surface area contributed by atoms with Crippen molar-refractivity contribution in [1.29, 1.82) is 0 Å². The van der Waals surface area contributed by atoms with Crippen LogP contribution < -0.4 is 0 Å². The number of fused-ring (bicyclic) bond motifs is 1. The van der Waals surface area contributed by atoms with Crippen LogP contribution in [0.15, 0.2) is 38.5 Å². The second-order valence-electron chi connectivity index (χ2n) is 7.21. The van der Waals surface area contributed by atoms with Gasteiger partial charge >= 0.3 is 0 Å². The van der Waals surface area contributed by atoms with E-state index in [-0.39, 0.29) is 29.2 Å². The highest BCUT2D eigenvalue weighted by Gasteiger charge is 2.37. The molecule has 0 N–H and O–H groups in total. The summed E-state index contributed by atoms with van der Waals surface area (Å²) in [7, 11) is -3.11. The fourth-order valence-electron chi connectivity index (χ4n) is 3.64. The maximum atomic E-state index is 13.5. The Morgan fingerprint density at radius 2 is 2.11 bits per heavy atom. The van der Waals surface area contributed by atoms with Gasteiger partial charge in [0.05, 0.1) is 18.1 Å². The van der Waals surface area contributed by atoms with Crippen molar-refractivity contribution in [1.82, 2.24) is 4.90 Å². The molecule has 0 unspecified atom stereocenters. The Morgan fingerprint density at radius 3 is 2.75 bits per heavy atom. The first-order chi connectivity index (χ1) is 13.2. The average Bonchev–Trinajstić information content (AvgIpc) is 3.30. The van der Waals surface area contributed by atoms with Crippen LogP contribution in [0.4, 0.5) is 0 Å². The number of carbonyl (C=O) groups excluding carboxylic acids is 1. The molecule has 1 saturated heterocycles. The second-order valence-corrected chi connectivity index (χ2v) is 11.4. The van der Waals surface area contributed by atoms with E-state index in [2.05, 4.69) is 15.9 Å². The molecule has 0 aliphatic carbocycles. The maximum Gasteiger partial charge on any atom is 0.290 e. The van der Waals surface area contributed by atoms with Crippen LogP contribution in [0.2, 0.25) is 0 Å². The van der Waals surface area contributed by atoms with Crippen molar-refractivity contribution in [2.24, 2.45) is 0 Å². The lowest BCUT2D eigenvalue weighted by Gasteiger charge is -2.27. The van der Waals surface area contributed by atoms with Crippen LogP contribution in [-0.4, -0.2) is 36.8 Å². The van der Waals surface area contributed by atoms with Crippen molar-refractivity contribution in [2.75, 3.05) is 11.5 Å². The predicted octanol–water partition coefficient (Wildman–Crippen LogP) is 4.70. The highest BCUT2D eigenvalue weighted by atomic mass is 79.9. The molecule has 28 heavy (non-hydrogen) atoms. The third-order valence-corrected chi connectivity index (χ3v) is 8.54. The summed E-state index contributed by atoms with van der Waals surface area (Å²) in [5.41, 5.74) is 2.53. The molecule has 1 aromatic carbocycles. The zero-order chi connectivity index (χ0) is 20.1. The largest absolute Gasteiger partial charge is 0.451 e. The van der Waals surface area contributed by atoms with Crippen LogP contribution in [0.1, 0.15) is 33.0 Å². The molecule has 1 atom stereocenters. The van der Waals surface area contributed by atoms with E-state index in [1.807, 2.05) is 43.5 Å². The summed E-state index contributed by atoms with van der Waals surface area (Å²) in [4.78, 5) is 16.2. The van der Waals surface area contributed by atoms with Gasteiger partial charge in [-0.05, 0) is 55.5 Å². The van der Waals surface area contributed by atoms with Crippen LogP contribution in [0.25, 0.3) is 11.0 Å². The van der Waals surface area contributed by atoms with E-state index in [0.29, 0.717) is 18.5 Å². The summed E-state index contributed by atoms with van der Waals surface area (Å²) in [6.45, 7) is 4.26. The Balaban J connectivity index is 1.74. The molecule has 0 spiro atoms. The number of thiophene rings is 1. The smallest absolute Gasteiger partial charge is 0.290 e. The van der Waals surface area contributed by atoms with Crippen molar-refractivity contribution in [3.05, 3.63) is 55.9 Å². The van der Waals surface area contributed by atoms with Gasteiger partial charge in [-0.1, -0.05) is 15.9 Å². The monoisotopic (exact) mass is 481 g/mol. The molecule has 3 aromatic rings. The van der Waals surface area contributed by atoms with Gasteiger partial charge in [-0.15, -0.1) is 11.3 Å². The lowest BCUT2D eigenvalue weighted by atomic mass is 10.1. The van der Waals surface area contributed by atoms with Gasteiger partial charge in [-0.25, -0.2) is 8.42 Å². The van der Waals surface area contributed by atoms with Crippen LogP contribution >= 0.6 is 27.3 Å². The highest BCUT2D eigenvalue weighted by Crippen LogP contribution is 2.31. The van der Waals surface area contributed by atoms with E-state index < -0.39 is 9.84 Å². The van der Waals surface area contributed by atoms with Crippen LogP contribution in [0.3, 0.4) is 0 Å². The Labute approximate surface area is 176 Å². The molecule has 3 heterocycles. The van der Waals surface area contributed by atoms with Gasteiger partial charge in [-0.2, -0.15) is 0 Å². The number of benzene rings is 1. The zero-order valence-electron chi connectivity index (χ0n) is 15.6. The van der Waals surface area contributed by atoms with Gasteiger partial charge in [0.2, 0.25) is 0 Å². The fourth-order valence-corrected chi connectivity index (χ4v) is 6.63. The third kappa shape index (κ3) is 3.65. The molecule has 148 valence electrons. The Bertz CT molecular complexity index is 1160. The highest BCUT2D eigenvalue weighted by molar-refractivity contribution is 9.10. The lowest BCUT2D eigenvalue weighted by molar-refractivity contribution is 0.0651. The Morgan fingerprint density at radius 1 is 1.32 bits per heavy atom. The van der Waals surface area contributed by atoms with Crippen molar-refractivity contribution >= 4 is 54.0 Å². The summed E-state index contributed by atoms with van der Waals surface area (Å²) in [5.74, 6) is 0.164. The fraction of sp³-hybridized carbons (Fsp3) is 0.350. The van der Waals surface area contributed by atoms with E-state index in [0.717, 1.165) is 25.9 Å². The average molecular weight is 482 g/mol. The quantitative estimate of drug-likeness (QED) is 0.541. The van der Waals surface area contributed by atoms with Crippen LogP contribution in [-0.2, 0) is 16.4 Å². The normalized spacial score (nSPS) is 18.6. The molecule has 1 fully saturated rings. The molecular formula is C20H20BrNO4S2. The first-order valence-electron chi connectivity index (χ1n) is 8.98. The standard InChI is InChI=1S/C20H20BrNO4S2/c1-12-5-7-27-18(12)10-22(15-6-8-28(24,25)11-15)20(23)19-13(2)16-9-14(21)3-4-17(16)26-19/h3-5,7,9,15H,6,8,10-11H2,1-2H3/t15-/m0/s1. The molecule has 1 amide bonds. The van der Waals surface area contributed by atoms with E-state index in [9.17, 15) is 13.2 Å². The number of carbonyl (C=O) groups is 1. The third-order valence-electron chi connectivity index (χ3n) is 5.28. The topological polar surface area (TPSA) is 67.6 Å². The van der Waals surface area contributed by atoms with Crippen molar-refractivity contribution in [3.8, 4) is 0 Å². The molecule has 1 aliphatic heterocycles. The minimum Gasteiger partial charge on any atom is -0.451 e. The van der Waals surface area contributed by atoms with Crippen molar-refractivity contribution in [3.63, 3.8) is 0 Å². The minimum atomic E-state index is -3.11. The van der Waals surface area contributed by atoms with Gasteiger partial charge in [0.15, 0.2) is 15.6 Å². The van der Waals surface area contributed by atoms with Crippen LogP contribution in [0, 0.1) is 13.8 Å². The number of sulfone groups is 1. The number of nitrogens with zero attached hydrogens (tertiary/aromatic N) is 1. The van der Waals surface area contributed by atoms with E-state index in [1.54, 1.807) is 16.2 Å². The van der Waals surface area contributed by atoms with Crippen molar-refractivity contribution in [2.45, 2.75) is 32.9 Å². The maximum absolute atomic E-state index is 13.5. The zero-order valence-corrected chi connectivity index (χ0v) is 18.8. The summed E-state index contributed by atoms with van der Waals surface area (Å²) >= 11 is 5.03. The first-order valence-corrected chi connectivity index (χ1v) is 12.5. The molecule has 8 heteroatoms. The molecule has 0 saturated carbocycles. The number of furan rings is 1. The number of amides is 1. The number of rotatable bonds is 4. The number of hydrogen-bond acceptors (Lipinski definition) is 5. The number of aryl methyl sites for hydroxylation is 2. The molecule has 4 rings (SSSR count). The molecule has 0 bridgehead atoms. The lowest BCUT2D eigenvalue weighted by Crippen LogP contribution is -2.40. The number of hydrogen-bond donors (Lipinski definition) is 0. The van der Waals surface area contributed by atoms with Gasteiger partial charge in [0.25, 0.3) is 5.91 Å². The van der Waals surface area contributed by atoms with E-state index in [1.165, 1.54) is 0 Å². The first kappa shape index (κ1) is 19.7. The molecule has 0 radical (unpaired) electrons. The summed E-state index contributed by atoms with van der Waals surface area (Å²) in [5, 5.41) is 2.87. The molecular weight excluding hydrogens is 462 g/mol. The molecule has 2 aromatic heterocycles. The van der Waals surface area contributed by atoms with Gasteiger partial charge in [-0.3, -0.25) is 4.79 Å². The Hall–Kier alpha value is -1.64. The van der Waals surface area contributed by atoms with Crippen LogP contribution in [0.5, 0.6) is 0 Å².